The topological polar surface area (TPSA) is 328 Å². The van der Waals surface area contributed by atoms with Gasteiger partial charge in [-0.15, -0.1) is 6.58 Å². The third kappa shape index (κ3) is 65.3. The van der Waals surface area contributed by atoms with Crippen molar-refractivity contribution in [1.82, 2.24) is 21.3 Å². The van der Waals surface area contributed by atoms with E-state index in [0.717, 1.165) is 38.5 Å². The summed E-state index contributed by atoms with van der Waals surface area (Å²) in [6.07, 6.45) is 7.91. The van der Waals surface area contributed by atoms with Gasteiger partial charge in [0.05, 0.1) is 106 Å². The van der Waals surface area contributed by atoms with E-state index in [2.05, 4.69) is 27.8 Å². The maximum atomic E-state index is 12.0. The molecule has 0 bridgehead atoms. The summed E-state index contributed by atoms with van der Waals surface area (Å²) in [5.74, 6) is -1.33. The van der Waals surface area contributed by atoms with Crippen molar-refractivity contribution in [3.8, 4) is 0 Å². The summed E-state index contributed by atoms with van der Waals surface area (Å²) in [5.41, 5.74) is 10.5. The number of amides is 6. The maximum absolute atomic E-state index is 12.0. The minimum Gasteiger partial charge on any atom is -0.379 e. The van der Waals surface area contributed by atoms with E-state index < -0.39 is 0 Å². The molecule has 410 valence electrons. The van der Waals surface area contributed by atoms with Gasteiger partial charge in [-0.1, -0.05) is 32.8 Å². The van der Waals surface area contributed by atoms with E-state index in [0.29, 0.717) is 138 Å². The predicted molar refractivity (Wildman–Crippen MR) is 263 cm³/mol. The molecule has 0 radical (unpaired) electrons. The second-order valence-electron chi connectivity index (χ2n) is 14.7. The number of primary amides is 2. The first kappa shape index (κ1) is 74.2. The Morgan fingerprint density at radius 2 is 0.614 bits per heavy atom. The molecule has 0 aromatic heterocycles. The van der Waals surface area contributed by atoms with Crippen LogP contribution in [0.5, 0.6) is 0 Å². The average Bonchev–Trinajstić information content (AvgIpc) is 3.35. The van der Waals surface area contributed by atoms with Crippen LogP contribution in [0.4, 0.5) is 0 Å². The lowest BCUT2D eigenvalue weighted by molar-refractivity contribution is -0.123. The van der Waals surface area contributed by atoms with Gasteiger partial charge in [0.25, 0.3) is 0 Å². The fourth-order valence-corrected chi connectivity index (χ4v) is 5.03. The van der Waals surface area contributed by atoms with Crippen LogP contribution < -0.4 is 32.7 Å². The Kier molecular flexibility index (Phi) is 68.1. The van der Waals surface area contributed by atoms with Crippen molar-refractivity contribution in [3.05, 3.63) is 12.7 Å². The Labute approximate surface area is 416 Å². The zero-order chi connectivity index (χ0) is 53.7. The number of hydrogen-bond donors (Lipinski definition) is 6. The molecular weight excluding hydrogens is 921 g/mol. The lowest BCUT2D eigenvalue weighted by Crippen LogP contribution is -2.29. The quantitative estimate of drug-likeness (QED) is 0.0362. The molecule has 0 saturated heterocycles. The molecule has 70 heavy (non-hydrogen) atoms. The first-order valence-corrected chi connectivity index (χ1v) is 23.6. The zero-order valence-electron chi connectivity index (χ0n) is 42.6. The molecule has 23 nitrogen and oxygen atoms in total. The van der Waals surface area contributed by atoms with Gasteiger partial charge in [-0.3, -0.25) is 28.8 Å². The van der Waals surface area contributed by atoms with Crippen LogP contribution in [0.3, 0.4) is 0 Å². The Hall–Kier alpha value is -4.75. The smallest absolute Gasteiger partial charge is 0.222 e. The van der Waals surface area contributed by atoms with Gasteiger partial charge in [-0.05, 0) is 39.0 Å². The molecule has 0 aliphatic carbocycles. The number of rotatable bonds is 46. The molecule has 6 amide bonds. The Morgan fingerprint density at radius 1 is 0.386 bits per heavy atom. The van der Waals surface area contributed by atoms with Gasteiger partial charge < -0.3 is 85.0 Å². The highest BCUT2D eigenvalue weighted by atomic mass is 16.6. The van der Waals surface area contributed by atoms with Crippen molar-refractivity contribution in [2.45, 2.75) is 91.4 Å². The van der Waals surface area contributed by atoms with Crippen molar-refractivity contribution in [3.63, 3.8) is 0 Å². The standard InChI is InChI=1S/C41H78N6O14.C3H6.3CH2O/c1-34(40(42)52)8-3-5-14-44-38(50)12-18-54-22-26-58-30-32-60-28-24-56-20-16-46-36(48)10-7-11-37(49)47-17-21-57-25-29-61-33-31-59-27-23-55-19-13-39(51)45-15-6-4-9-35(2)41(43)53;1-3-2;3*1-2/h34-35H,3-33H2,1-2H3,(H2,42,52)(H2,43,53)(H,44,50)(H,45,51)(H,46,48)(H,47,49);3H,1H2,2H3;3*1H2/t34-,35-;;;;/m0..../s1. The molecule has 0 heterocycles. The molecule has 0 aromatic rings. The van der Waals surface area contributed by atoms with E-state index in [1.54, 1.807) is 19.9 Å². The average molecular weight is 1010 g/mol. The summed E-state index contributed by atoms with van der Waals surface area (Å²) in [5, 5.41) is 11.2. The number of nitrogens with two attached hydrogens (primary N) is 2. The largest absolute Gasteiger partial charge is 0.379 e. The highest BCUT2D eigenvalue weighted by molar-refractivity contribution is 5.79. The first-order chi connectivity index (χ1) is 33.9. The molecule has 0 rings (SSSR count). The van der Waals surface area contributed by atoms with Crippen molar-refractivity contribution in [2.75, 3.05) is 132 Å². The third-order valence-electron chi connectivity index (χ3n) is 8.87. The summed E-state index contributed by atoms with van der Waals surface area (Å²) in [6.45, 7) is 22.8. The zero-order valence-corrected chi connectivity index (χ0v) is 42.6. The van der Waals surface area contributed by atoms with E-state index in [1.807, 2.05) is 27.3 Å². The van der Waals surface area contributed by atoms with Gasteiger partial charge in [0.2, 0.25) is 35.4 Å². The molecule has 0 aliphatic heterocycles. The molecule has 23 heteroatoms. The highest BCUT2D eigenvalue weighted by Crippen LogP contribution is 2.07. The molecular formula is C47H90N6O17. The summed E-state index contributed by atoms with van der Waals surface area (Å²) in [6, 6.07) is 0. The van der Waals surface area contributed by atoms with Crippen LogP contribution in [0.2, 0.25) is 0 Å². The fraction of sp³-hybridized carbons (Fsp3) is 0.766. The van der Waals surface area contributed by atoms with E-state index >= 15 is 0 Å². The van der Waals surface area contributed by atoms with Crippen LogP contribution in [0.25, 0.3) is 0 Å². The maximum Gasteiger partial charge on any atom is 0.222 e. The number of hydrogen-bond acceptors (Lipinski definition) is 17. The second kappa shape index (κ2) is 64.2. The number of unbranched alkanes of at least 4 members (excludes halogenated alkanes) is 2. The van der Waals surface area contributed by atoms with Gasteiger partial charge in [0, 0.05) is 63.7 Å². The summed E-state index contributed by atoms with van der Waals surface area (Å²) in [4.78, 5) is 93.6. The lowest BCUT2D eigenvalue weighted by Gasteiger charge is -2.09. The summed E-state index contributed by atoms with van der Waals surface area (Å²) < 4.78 is 43.5. The van der Waals surface area contributed by atoms with Gasteiger partial charge >= 0.3 is 0 Å². The number of ether oxygens (including phenoxy) is 8. The van der Waals surface area contributed by atoms with Gasteiger partial charge in [0.1, 0.15) is 20.4 Å². The molecule has 0 fully saturated rings. The molecule has 0 spiro atoms. The molecule has 2 atom stereocenters. The van der Waals surface area contributed by atoms with Gasteiger partial charge in [0.15, 0.2) is 0 Å². The van der Waals surface area contributed by atoms with Crippen molar-refractivity contribution in [2.24, 2.45) is 23.3 Å². The molecule has 0 saturated carbocycles. The van der Waals surface area contributed by atoms with Crippen LogP contribution in [-0.2, 0) is 81.0 Å². The van der Waals surface area contributed by atoms with Gasteiger partial charge in [-0.2, -0.15) is 0 Å². The Balaban J connectivity index is -0.00000146. The molecule has 0 aliphatic rings. The first-order valence-electron chi connectivity index (χ1n) is 23.6. The van der Waals surface area contributed by atoms with Crippen LogP contribution in [0.15, 0.2) is 12.7 Å². The number of allylic oxidation sites excluding steroid dienone is 1. The normalized spacial score (nSPS) is 10.9. The fourth-order valence-electron chi connectivity index (χ4n) is 5.03. The van der Waals surface area contributed by atoms with Crippen molar-refractivity contribution < 1.29 is 81.0 Å². The monoisotopic (exact) mass is 1010 g/mol. The minimum atomic E-state index is -0.299. The third-order valence-corrected chi connectivity index (χ3v) is 8.87. The van der Waals surface area contributed by atoms with Crippen LogP contribution in [0, 0.1) is 11.8 Å². The SMILES string of the molecule is C=CC.C=O.C=O.C=O.C[C@@H](CCCCNC(=O)CCOCCOCCOCCOCCNC(=O)CCCC(=O)NCCOCCOCCOCCOCCC(=O)NCCCC[C@H](C)C(N)=O)C(N)=O. The van der Waals surface area contributed by atoms with E-state index in [1.165, 1.54) is 0 Å². The predicted octanol–water partition coefficient (Wildman–Crippen LogP) is 0.755. The van der Waals surface area contributed by atoms with Crippen molar-refractivity contribution >= 4 is 55.8 Å². The van der Waals surface area contributed by atoms with Crippen molar-refractivity contribution in [1.29, 1.82) is 0 Å². The van der Waals surface area contributed by atoms with E-state index in [9.17, 15) is 28.8 Å². The number of nitrogens with one attached hydrogen (secondary N) is 4. The van der Waals surface area contributed by atoms with E-state index in [4.69, 9.17) is 63.7 Å². The van der Waals surface area contributed by atoms with Crippen LogP contribution in [-0.4, -0.2) is 188 Å². The lowest BCUT2D eigenvalue weighted by atomic mass is 10.0. The Bertz CT molecular complexity index is 1150. The Morgan fingerprint density at radius 3 is 0.886 bits per heavy atom. The number of carbonyl (C=O) groups is 9. The molecule has 0 unspecified atom stereocenters. The summed E-state index contributed by atoms with van der Waals surface area (Å²) >= 11 is 0. The highest BCUT2D eigenvalue weighted by Gasteiger charge is 2.10. The minimum absolute atomic E-state index is 0.0742. The van der Waals surface area contributed by atoms with Crippen LogP contribution in [0.1, 0.15) is 91.4 Å². The second-order valence-corrected chi connectivity index (χ2v) is 14.7. The van der Waals surface area contributed by atoms with Gasteiger partial charge in [-0.25, -0.2) is 0 Å². The summed E-state index contributed by atoms with van der Waals surface area (Å²) in [7, 11) is 0. The number of carbonyl (C=O) groups excluding carboxylic acids is 9. The molecule has 8 N–H and O–H groups in total. The van der Waals surface area contributed by atoms with E-state index in [-0.39, 0.29) is 73.0 Å². The molecule has 0 aromatic carbocycles. The van der Waals surface area contributed by atoms with Crippen LogP contribution >= 0.6 is 0 Å².